The molecule has 0 N–H and O–H groups in total. The first-order valence-corrected chi connectivity index (χ1v) is 7.76. The number of hydrogen-bond donors (Lipinski definition) is 0. The summed E-state index contributed by atoms with van der Waals surface area (Å²) in [6.45, 7) is 5.90. The van der Waals surface area contributed by atoms with Crippen LogP contribution in [0.1, 0.15) is 37.2 Å². The lowest BCUT2D eigenvalue weighted by molar-refractivity contribution is 0.0689. The van der Waals surface area contributed by atoms with Gasteiger partial charge in [0.15, 0.2) is 11.3 Å². The van der Waals surface area contributed by atoms with E-state index in [2.05, 4.69) is 16.9 Å². The summed E-state index contributed by atoms with van der Waals surface area (Å²) in [7, 11) is 0. The maximum Gasteiger partial charge on any atom is 0.283 e. The van der Waals surface area contributed by atoms with E-state index in [4.69, 9.17) is 0 Å². The monoisotopic (exact) mass is 300 g/mol. The largest absolute Gasteiger partial charge is 0.337 e. The highest BCUT2D eigenvalue weighted by Crippen LogP contribution is 2.17. The van der Waals surface area contributed by atoms with Gasteiger partial charge in [0.05, 0.1) is 0 Å². The summed E-state index contributed by atoms with van der Waals surface area (Å²) in [4.78, 5) is 35.5. The van der Waals surface area contributed by atoms with Gasteiger partial charge in [-0.05, 0) is 37.8 Å². The third-order valence-electron chi connectivity index (χ3n) is 4.29. The van der Waals surface area contributed by atoms with Gasteiger partial charge < -0.3 is 4.90 Å². The Hall–Kier alpha value is -2.24. The third-order valence-corrected chi connectivity index (χ3v) is 4.29. The van der Waals surface area contributed by atoms with Gasteiger partial charge in [-0.1, -0.05) is 6.92 Å². The summed E-state index contributed by atoms with van der Waals surface area (Å²) in [5.41, 5.74) is 0.769. The number of likely N-dealkylation sites (tertiary alicyclic amines) is 1. The van der Waals surface area contributed by atoms with E-state index in [1.165, 1.54) is 4.57 Å². The molecule has 1 saturated heterocycles. The van der Waals surface area contributed by atoms with Gasteiger partial charge in [-0.15, -0.1) is 0 Å². The highest BCUT2D eigenvalue weighted by molar-refractivity contribution is 5.93. The molecule has 0 spiro atoms. The molecule has 2 aromatic rings. The van der Waals surface area contributed by atoms with E-state index in [0.717, 1.165) is 12.8 Å². The Morgan fingerprint density at radius 2 is 2.09 bits per heavy atom. The Bertz CT molecular complexity index is 760. The zero-order valence-electron chi connectivity index (χ0n) is 13.0. The summed E-state index contributed by atoms with van der Waals surface area (Å²) in [6, 6.07) is 3.54. The van der Waals surface area contributed by atoms with Crippen molar-refractivity contribution >= 4 is 17.1 Å². The van der Waals surface area contributed by atoms with Crippen molar-refractivity contribution in [2.75, 3.05) is 13.1 Å². The fraction of sp³-hybridized carbons (Fsp3) is 0.500. The molecule has 2 aromatic heterocycles. The Morgan fingerprint density at radius 3 is 2.77 bits per heavy atom. The van der Waals surface area contributed by atoms with Crippen LogP contribution in [0.2, 0.25) is 0 Å². The Labute approximate surface area is 128 Å². The van der Waals surface area contributed by atoms with Gasteiger partial charge in [0.2, 0.25) is 0 Å². The van der Waals surface area contributed by atoms with E-state index in [0.29, 0.717) is 36.7 Å². The summed E-state index contributed by atoms with van der Waals surface area (Å²) in [5, 5.41) is 0. The molecule has 0 unspecified atom stereocenters. The predicted octanol–water partition coefficient (Wildman–Crippen LogP) is 1.68. The number of pyridine rings is 1. The van der Waals surface area contributed by atoms with Gasteiger partial charge in [0.1, 0.15) is 5.52 Å². The fourth-order valence-electron chi connectivity index (χ4n) is 2.87. The quantitative estimate of drug-likeness (QED) is 0.846. The number of hydrogen-bond acceptors (Lipinski definition) is 4. The molecule has 1 aliphatic rings. The van der Waals surface area contributed by atoms with E-state index >= 15 is 0 Å². The van der Waals surface area contributed by atoms with Crippen molar-refractivity contribution in [3.8, 4) is 0 Å². The highest BCUT2D eigenvalue weighted by atomic mass is 16.2. The molecule has 0 aliphatic carbocycles. The number of piperidine rings is 1. The van der Waals surface area contributed by atoms with Crippen molar-refractivity contribution in [1.82, 2.24) is 19.4 Å². The predicted molar refractivity (Wildman–Crippen MR) is 83.8 cm³/mol. The minimum absolute atomic E-state index is 0.0110. The Balaban J connectivity index is 2.05. The average Bonchev–Trinajstić information content (AvgIpc) is 2.54. The highest BCUT2D eigenvalue weighted by Gasteiger charge is 2.25. The van der Waals surface area contributed by atoms with Gasteiger partial charge >= 0.3 is 0 Å². The third kappa shape index (κ3) is 2.49. The summed E-state index contributed by atoms with van der Waals surface area (Å²) < 4.78 is 1.52. The van der Waals surface area contributed by atoms with Gasteiger partial charge in [0, 0.05) is 25.8 Å². The van der Waals surface area contributed by atoms with E-state index in [1.807, 2.05) is 6.92 Å². The first kappa shape index (κ1) is 14.7. The number of fused-ring (bicyclic) bond motifs is 1. The number of rotatable bonds is 2. The Kier molecular flexibility index (Phi) is 3.92. The molecule has 0 saturated carbocycles. The molecule has 0 atom stereocenters. The van der Waals surface area contributed by atoms with E-state index < -0.39 is 0 Å². The molecular weight excluding hydrogens is 280 g/mol. The minimum atomic E-state index is -0.350. The molecule has 6 heteroatoms. The fourth-order valence-corrected chi connectivity index (χ4v) is 2.87. The van der Waals surface area contributed by atoms with E-state index in [1.54, 1.807) is 23.2 Å². The Morgan fingerprint density at radius 1 is 1.36 bits per heavy atom. The number of amides is 1. The average molecular weight is 300 g/mol. The molecule has 0 aromatic carbocycles. The van der Waals surface area contributed by atoms with Crippen molar-refractivity contribution in [3.63, 3.8) is 0 Å². The van der Waals surface area contributed by atoms with E-state index in [9.17, 15) is 9.59 Å². The van der Waals surface area contributed by atoms with Gasteiger partial charge in [0.25, 0.3) is 11.5 Å². The number of aryl methyl sites for hydroxylation is 1. The van der Waals surface area contributed by atoms with Gasteiger partial charge in [-0.2, -0.15) is 0 Å². The molecule has 0 radical (unpaired) electrons. The molecule has 3 heterocycles. The summed E-state index contributed by atoms with van der Waals surface area (Å²) in [6.07, 6.45) is 3.58. The van der Waals surface area contributed by atoms with Gasteiger partial charge in [-0.3, -0.25) is 14.2 Å². The molecule has 1 aliphatic heterocycles. The zero-order valence-corrected chi connectivity index (χ0v) is 13.0. The van der Waals surface area contributed by atoms with Crippen LogP contribution in [0, 0.1) is 5.92 Å². The van der Waals surface area contributed by atoms with Crippen molar-refractivity contribution in [3.05, 3.63) is 34.4 Å². The molecule has 1 amide bonds. The first-order chi connectivity index (χ1) is 10.6. The zero-order chi connectivity index (χ0) is 15.7. The molecule has 22 heavy (non-hydrogen) atoms. The molecule has 3 rings (SSSR count). The molecule has 116 valence electrons. The van der Waals surface area contributed by atoms with Crippen LogP contribution in [0.25, 0.3) is 11.2 Å². The standard InChI is InChI=1S/C16H20N4O2/c1-3-20-14-12(5-4-8-17-14)18-13(16(20)22)15(21)19-9-6-11(2)7-10-19/h4-5,8,11H,3,6-7,9-10H2,1-2H3. The number of carbonyl (C=O) groups excluding carboxylic acids is 1. The lowest BCUT2D eigenvalue weighted by Gasteiger charge is -2.29. The maximum absolute atomic E-state index is 12.7. The molecule has 0 bridgehead atoms. The lowest BCUT2D eigenvalue weighted by Crippen LogP contribution is -2.42. The van der Waals surface area contributed by atoms with Gasteiger partial charge in [-0.25, -0.2) is 9.97 Å². The number of carbonyl (C=O) groups is 1. The molecule has 1 fully saturated rings. The van der Waals surface area contributed by atoms with Crippen LogP contribution < -0.4 is 5.56 Å². The summed E-state index contributed by atoms with van der Waals surface area (Å²) >= 11 is 0. The van der Waals surface area contributed by atoms with Crippen LogP contribution in [0.4, 0.5) is 0 Å². The van der Waals surface area contributed by atoms with Crippen LogP contribution in [0.5, 0.6) is 0 Å². The van der Waals surface area contributed by atoms with Crippen LogP contribution in [0.15, 0.2) is 23.1 Å². The topological polar surface area (TPSA) is 68.1 Å². The van der Waals surface area contributed by atoms with Crippen LogP contribution in [0.3, 0.4) is 0 Å². The van der Waals surface area contributed by atoms with Crippen LogP contribution in [-0.4, -0.2) is 38.4 Å². The molecular formula is C16H20N4O2. The van der Waals surface area contributed by atoms with Crippen LogP contribution in [-0.2, 0) is 6.54 Å². The van der Waals surface area contributed by atoms with Crippen molar-refractivity contribution < 1.29 is 4.79 Å². The lowest BCUT2D eigenvalue weighted by atomic mass is 9.99. The van der Waals surface area contributed by atoms with Crippen molar-refractivity contribution in [2.45, 2.75) is 33.2 Å². The second-order valence-corrected chi connectivity index (χ2v) is 5.83. The maximum atomic E-state index is 12.7. The first-order valence-electron chi connectivity index (χ1n) is 7.76. The van der Waals surface area contributed by atoms with E-state index in [-0.39, 0.29) is 17.2 Å². The smallest absolute Gasteiger partial charge is 0.283 e. The normalized spacial score (nSPS) is 16.2. The van der Waals surface area contributed by atoms with Crippen molar-refractivity contribution in [2.24, 2.45) is 5.92 Å². The van der Waals surface area contributed by atoms with Crippen LogP contribution >= 0.6 is 0 Å². The minimum Gasteiger partial charge on any atom is -0.337 e. The number of aromatic nitrogens is 3. The SMILES string of the molecule is CCn1c(=O)c(C(=O)N2CCC(C)CC2)nc2cccnc21. The second kappa shape index (κ2) is 5.87. The number of nitrogens with zero attached hydrogens (tertiary/aromatic N) is 4. The summed E-state index contributed by atoms with van der Waals surface area (Å²) in [5.74, 6) is 0.370. The van der Waals surface area contributed by atoms with Crippen molar-refractivity contribution in [1.29, 1.82) is 0 Å². The molecule has 6 nitrogen and oxygen atoms in total. The second-order valence-electron chi connectivity index (χ2n) is 5.83.